The maximum atomic E-state index is 12.2. The molecule has 0 saturated carbocycles. The Kier molecular flexibility index (Phi) is 4.79. The molecule has 0 aliphatic rings. The molecule has 0 unspecified atom stereocenters. The van der Waals surface area contributed by atoms with Crippen molar-refractivity contribution in [3.8, 4) is 0 Å². The molecule has 3 rings (SSSR count). The topological polar surface area (TPSA) is 81.4 Å². The number of carbonyl (C=O) groups is 2. The predicted molar refractivity (Wildman–Crippen MR) is 93.5 cm³/mol. The largest absolute Gasteiger partial charge is 0.452 e. The Labute approximate surface area is 144 Å². The summed E-state index contributed by atoms with van der Waals surface area (Å²) in [5.74, 6) is -0.628. The van der Waals surface area contributed by atoms with Crippen LogP contribution in [0.5, 0.6) is 0 Å². The van der Waals surface area contributed by atoms with Crippen molar-refractivity contribution in [1.29, 1.82) is 0 Å². The Hall–Kier alpha value is -3.15. The number of aromatic nitrogens is 1. The molecule has 0 aliphatic carbocycles. The first-order valence-corrected chi connectivity index (χ1v) is 8.00. The fraction of sp³-hybridized carbons (Fsp3) is 0.211. The summed E-state index contributed by atoms with van der Waals surface area (Å²) in [6.45, 7) is 3.12. The van der Waals surface area contributed by atoms with E-state index in [1.54, 1.807) is 13.0 Å². The first-order chi connectivity index (χ1) is 12.1. The molecule has 0 spiro atoms. The Morgan fingerprint density at radius 1 is 1.16 bits per heavy atom. The molecule has 25 heavy (non-hydrogen) atoms. The highest BCUT2D eigenvalue weighted by Crippen LogP contribution is 2.23. The van der Waals surface area contributed by atoms with Crippen LogP contribution in [-0.2, 0) is 16.0 Å². The van der Waals surface area contributed by atoms with Gasteiger partial charge in [-0.15, -0.1) is 0 Å². The molecule has 0 aliphatic heterocycles. The second kappa shape index (κ2) is 7.17. The minimum absolute atomic E-state index is 0.292. The molecule has 0 bridgehead atoms. The third kappa shape index (κ3) is 3.52. The molecule has 2 aromatic carbocycles. The van der Waals surface area contributed by atoms with Crippen LogP contribution in [0.25, 0.3) is 10.8 Å². The van der Waals surface area contributed by atoms with Gasteiger partial charge < -0.3 is 14.6 Å². The van der Waals surface area contributed by atoms with Gasteiger partial charge in [-0.2, -0.15) is 0 Å². The first kappa shape index (κ1) is 16.7. The molecule has 1 aromatic heterocycles. The Balaban J connectivity index is 1.67. The lowest BCUT2D eigenvalue weighted by Gasteiger charge is -2.09. The third-order valence-corrected chi connectivity index (χ3v) is 3.87. The average Bonchev–Trinajstić information content (AvgIpc) is 3.01. The Morgan fingerprint density at radius 3 is 2.72 bits per heavy atom. The van der Waals surface area contributed by atoms with E-state index in [1.807, 2.05) is 43.3 Å². The first-order valence-electron chi connectivity index (χ1n) is 8.00. The number of carbonyl (C=O) groups excluding carboxylic acids is 2. The Morgan fingerprint density at radius 2 is 1.92 bits per heavy atom. The van der Waals surface area contributed by atoms with Crippen LogP contribution in [0.4, 0.5) is 5.69 Å². The summed E-state index contributed by atoms with van der Waals surface area (Å²) in [5.41, 5.74) is 1.49. The lowest BCUT2D eigenvalue weighted by Crippen LogP contribution is -2.21. The highest BCUT2D eigenvalue weighted by Gasteiger charge is 2.21. The number of aryl methyl sites for hydroxylation is 2. The molecule has 6 nitrogen and oxygen atoms in total. The quantitative estimate of drug-likeness (QED) is 0.720. The second-order valence-corrected chi connectivity index (χ2v) is 5.57. The van der Waals surface area contributed by atoms with E-state index in [4.69, 9.17) is 9.26 Å². The van der Waals surface area contributed by atoms with Gasteiger partial charge in [-0.1, -0.05) is 48.5 Å². The van der Waals surface area contributed by atoms with E-state index >= 15 is 0 Å². The van der Waals surface area contributed by atoms with E-state index in [-0.39, 0.29) is 6.61 Å². The lowest BCUT2D eigenvalue weighted by atomic mass is 10.1. The number of nitrogens with zero attached hydrogens (tertiary/aromatic N) is 1. The highest BCUT2D eigenvalue weighted by molar-refractivity contribution is 6.03. The van der Waals surface area contributed by atoms with Gasteiger partial charge in [-0.3, -0.25) is 4.79 Å². The van der Waals surface area contributed by atoms with Crippen LogP contribution in [0.2, 0.25) is 0 Å². The summed E-state index contributed by atoms with van der Waals surface area (Å²) in [4.78, 5) is 24.3. The van der Waals surface area contributed by atoms with Crippen LogP contribution in [0.3, 0.4) is 0 Å². The molecule has 0 saturated heterocycles. The van der Waals surface area contributed by atoms with E-state index in [1.165, 1.54) is 0 Å². The summed E-state index contributed by atoms with van der Waals surface area (Å²) in [6.07, 6.45) is 0.546. The Bertz CT molecular complexity index is 925. The fourth-order valence-electron chi connectivity index (χ4n) is 2.64. The van der Waals surface area contributed by atoms with Crippen molar-refractivity contribution in [2.45, 2.75) is 20.3 Å². The van der Waals surface area contributed by atoms with Crippen molar-refractivity contribution in [3.05, 3.63) is 59.5 Å². The monoisotopic (exact) mass is 338 g/mol. The van der Waals surface area contributed by atoms with Crippen molar-refractivity contribution in [3.63, 3.8) is 0 Å². The van der Waals surface area contributed by atoms with E-state index < -0.39 is 11.9 Å². The van der Waals surface area contributed by atoms with Gasteiger partial charge in [0, 0.05) is 11.1 Å². The van der Waals surface area contributed by atoms with Gasteiger partial charge in [0.1, 0.15) is 11.3 Å². The smallest absolute Gasteiger partial charge is 0.344 e. The number of ether oxygens (including phenoxy) is 1. The van der Waals surface area contributed by atoms with E-state index in [0.29, 0.717) is 29.1 Å². The molecule has 0 atom stereocenters. The van der Waals surface area contributed by atoms with Crippen molar-refractivity contribution in [2.75, 3.05) is 11.9 Å². The molecule has 128 valence electrons. The van der Waals surface area contributed by atoms with E-state index in [9.17, 15) is 9.59 Å². The lowest BCUT2D eigenvalue weighted by molar-refractivity contribution is -0.119. The van der Waals surface area contributed by atoms with Crippen molar-refractivity contribution >= 4 is 28.3 Å². The standard InChI is InChI=1S/C19H18N2O4/c1-3-15-18(12(2)25-21-15)19(23)24-11-17(22)20-16-10-6-8-13-7-4-5-9-14(13)16/h4-10H,3,11H2,1-2H3,(H,20,22). The maximum absolute atomic E-state index is 12.2. The molecular weight excluding hydrogens is 320 g/mol. The number of hydrogen-bond donors (Lipinski definition) is 1. The summed E-state index contributed by atoms with van der Waals surface area (Å²) < 4.78 is 10.1. The molecular formula is C19H18N2O4. The third-order valence-electron chi connectivity index (χ3n) is 3.87. The number of nitrogens with one attached hydrogen (secondary N) is 1. The molecule has 0 radical (unpaired) electrons. The molecule has 0 fully saturated rings. The minimum Gasteiger partial charge on any atom is -0.452 e. The van der Waals surface area contributed by atoms with Crippen molar-refractivity contribution < 1.29 is 18.8 Å². The zero-order valence-corrected chi connectivity index (χ0v) is 14.0. The van der Waals surface area contributed by atoms with Crippen LogP contribution in [0.15, 0.2) is 47.0 Å². The zero-order valence-electron chi connectivity index (χ0n) is 14.0. The van der Waals surface area contributed by atoms with Crippen LogP contribution < -0.4 is 5.32 Å². The van der Waals surface area contributed by atoms with Crippen LogP contribution in [0, 0.1) is 6.92 Å². The van der Waals surface area contributed by atoms with Crippen molar-refractivity contribution in [1.82, 2.24) is 5.16 Å². The zero-order chi connectivity index (χ0) is 17.8. The molecule has 6 heteroatoms. The van der Waals surface area contributed by atoms with Gasteiger partial charge in [-0.05, 0) is 24.8 Å². The van der Waals surface area contributed by atoms with Gasteiger partial charge in [0.05, 0.1) is 5.69 Å². The number of hydrogen-bond acceptors (Lipinski definition) is 5. The number of fused-ring (bicyclic) bond motifs is 1. The summed E-state index contributed by atoms with van der Waals surface area (Å²) in [7, 11) is 0. The van der Waals surface area contributed by atoms with Gasteiger partial charge in [0.15, 0.2) is 6.61 Å². The van der Waals surface area contributed by atoms with Crippen molar-refractivity contribution in [2.24, 2.45) is 0 Å². The molecule has 1 amide bonds. The van der Waals surface area contributed by atoms with E-state index in [2.05, 4.69) is 10.5 Å². The van der Waals surface area contributed by atoms with E-state index in [0.717, 1.165) is 10.8 Å². The highest BCUT2D eigenvalue weighted by atomic mass is 16.5. The molecule has 1 N–H and O–H groups in total. The molecule has 1 heterocycles. The number of benzene rings is 2. The van der Waals surface area contributed by atoms with Crippen LogP contribution in [0.1, 0.15) is 28.7 Å². The molecule has 3 aromatic rings. The van der Waals surface area contributed by atoms with Gasteiger partial charge in [-0.25, -0.2) is 4.79 Å². The number of anilines is 1. The van der Waals surface area contributed by atoms with Gasteiger partial charge in [0.2, 0.25) is 0 Å². The summed E-state index contributed by atoms with van der Waals surface area (Å²) in [5, 5.41) is 8.52. The fourth-order valence-corrected chi connectivity index (χ4v) is 2.64. The number of esters is 1. The van der Waals surface area contributed by atoms with Gasteiger partial charge in [0.25, 0.3) is 5.91 Å². The normalized spacial score (nSPS) is 10.6. The number of amides is 1. The second-order valence-electron chi connectivity index (χ2n) is 5.57. The number of rotatable bonds is 5. The predicted octanol–water partition coefficient (Wildman–Crippen LogP) is 3.49. The minimum atomic E-state index is -0.608. The average molecular weight is 338 g/mol. The van der Waals surface area contributed by atoms with Crippen LogP contribution in [-0.4, -0.2) is 23.6 Å². The summed E-state index contributed by atoms with van der Waals surface area (Å²) >= 11 is 0. The SMILES string of the molecule is CCc1noc(C)c1C(=O)OCC(=O)Nc1cccc2ccccc12. The van der Waals surface area contributed by atoms with Gasteiger partial charge >= 0.3 is 5.97 Å². The summed E-state index contributed by atoms with van der Waals surface area (Å²) in [6, 6.07) is 13.4. The maximum Gasteiger partial charge on any atom is 0.344 e. The van der Waals surface area contributed by atoms with Crippen LogP contribution >= 0.6 is 0 Å².